The molecule has 2 fully saturated rings. The van der Waals surface area contributed by atoms with Crippen LogP contribution >= 0.6 is 15.9 Å². The van der Waals surface area contributed by atoms with E-state index in [4.69, 9.17) is 5.11 Å². The fourth-order valence-corrected chi connectivity index (χ4v) is 4.34. The summed E-state index contributed by atoms with van der Waals surface area (Å²) < 4.78 is 1.09. The van der Waals surface area contributed by atoms with Crippen LogP contribution in [0.5, 0.6) is 0 Å². The number of carbonyl (C=O) groups excluding carboxylic acids is 1. The largest absolute Gasteiger partial charge is 0.481 e. The lowest BCUT2D eigenvalue weighted by Gasteiger charge is -2.27. The van der Waals surface area contributed by atoms with Crippen molar-refractivity contribution in [1.29, 1.82) is 0 Å². The van der Waals surface area contributed by atoms with Crippen LogP contribution in [0.25, 0.3) is 0 Å². The summed E-state index contributed by atoms with van der Waals surface area (Å²) in [6.07, 6.45) is 4.96. The third-order valence-corrected chi connectivity index (χ3v) is 5.99. The van der Waals surface area contributed by atoms with Crippen molar-refractivity contribution in [3.8, 4) is 0 Å². The number of benzene rings is 1. The Balaban J connectivity index is 1.59. The maximum absolute atomic E-state index is 12.4. The van der Waals surface area contributed by atoms with E-state index in [-0.39, 0.29) is 23.2 Å². The Hall–Kier alpha value is -1.36. The SMILES string of the molecule is O=C(O)C1CCCC(C(=O)NCC2(c3ccccc3Br)CC2)C1. The van der Waals surface area contributed by atoms with Crippen LogP contribution in [0.2, 0.25) is 0 Å². The highest BCUT2D eigenvalue weighted by molar-refractivity contribution is 9.10. The first-order valence-corrected chi connectivity index (χ1v) is 9.07. The Morgan fingerprint density at radius 3 is 2.57 bits per heavy atom. The molecule has 0 aliphatic heterocycles. The molecular weight excluding hydrogens is 358 g/mol. The van der Waals surface area contributed by atoms with E-state index in [1.165, 1.54) is 5.56 Å². The average molecular weight is 380 g/mol. The van der Waals surface area contributed by atoms with Crippen molar-refractivity contribution < 1.29 is 14.7 Å². The van der Waals surface area contributed by atoms with Gasteiger partial charge in [-0.3, -0.25) is 9.59 Å². The summed E-state index contributed by atoms with van der Waals surface area (Å²) in [7, 11) is 0. The summed E-state index contributed by atoms with van der Waals surface area (Å²) in [4.78, 5) is 23.6. The Labute approximate surface area is 144 Å². The van der Waals surface area contributed by atoms with Crippen LogP contribution in [0, 0.1) is 11.8 Å². The third-order valence-electron chi connectivity index (χ3n) is 5.29. The number of hydrogen-bond acceptors (Lipinski definition) is 2. The van der Waals surface area contributed by atoms with Gasteiger partial charge in [0.1, 0.15) is 0 Å². The summed E-state index contributed by atoms with van der Waals surface area (Å²) >= 11 is 3.60. The lowest BCUT2D eigenvalue weighted by atomic mass is 9.81. The first kappa shape index (κ1) is 16.5. The smallest absolute Gasteiger partial charge is 0.306 e. The average Bonchev–Trinajstić information content (AvgIpc) is 3.34. The van der Waals surface area contributed by atoms with Crippen molar-refractivity contribution in [2.24, 2.45) is 11.8 Å². The lowest BCUT2D eigenvalue weighted by molar-refractivity contribution is -0.144. The predicted octanol–water partition coefficient (Wildman–Crippen LogP) is 3.49. The molecule has 0 saturated heterocycles. The zero-order chi connectivity index (χ0) is 16.4. The minimum absolute atomic E-state index is 0.0225. The number of carboxylic acids is 1. The van der Waals surface area contributed by atoms with Gasteiger partial charge >= 0.3 is 5.97 Å². The molecule has 0 radical (unpaired) electrons. The van der Waals surface area contributed by atoms with Crippen LogP contribution in [0.3, 0.4) is 0 Å². The normalized spacial score (nSPS) is 25.6. The summed E-state index contributed by atoms with van der Waals surface area (Å²) in [5, 5.41) is 12.2. The van der Waals surface area contributed by atoms with Gasteiger partial charge in [-0.1, -0.05) is 40.5 Å². The number of amides is 1. The van der Waals surface area contributed by atoms with Crippen LogP contribution in [-0.4, -0.2) is 23.5 Å². The maximum Gasteiger partial charge on any atom is 0.306 e. The van der Waals surface area contributed by atoms with E-state index in [0.29, 0.717) is 19.4 Å². The molecule has 2 saturated carbocycles. The second-order valence-electron chi connectivity index (χ2n) is 6.88. The molecule has 124 valence electrons. The lowest BCUT2D eigenvalue weighted by Crippen LogP contribution is -2.39. The van der Waals surface area contributed by atoms with E-state index < -0.39 is 5.97 Å². The number of hydrogen-bond donors (Lipinski definition) is 2. The molecule has 1 amide bonds. The maximum atomic E-state index is 12.4. The van der Waals surface area contributed by atoms with Gasteiger partial charge in [0.15, 0.2) is 0 Å². The Morgan fingerprint density at radius 2 is 1.91 bits per heavy atom. The number of nitrogens with one attached hydrogen (secondary N) is 1. The number of halogens is 1. The van der Waals surface area contributed by atoms with E-state index >= 15 is 0 Å². The summed E-state index contributed by atoms with van der Waals surface area (Å²) in [6, 6.07) is 8.18. The molecular formula is C18H22BrNO3. The van der Waals surface area contributed by atoms with E-state index in [1.54, 1.807) is 0 Å². The first-order chi connectivity index (χ1) is 11.0. The molecule has 2 N–H and O–H groups in total. The molecule has 2 atom stereocenters. The van der Waals surface area contributed by atoms with E-state index in [0.717, 1.165) is 30.2 Å². The molecule has 2 aliphatic carbocycles. The second-order valence-corrected chi connectivity index (χ2v) is 7.73. The van der Waals surface area contributed by atoms with E-state index in [9.17, 15) is 9.59 Å². The fraction of sp³-hybridized carbons (Fsp3) is 0.556. The van der Waals surface area contributed by atoms with Gasteiger partial charge in [0.2, 0.25) is 5.91 Å². The van der Waals surface area contributed by atoms with Crippen molar-refractivity contribution in [2.75, 3.05) is 6.54 Å². The highest BCUT2D eigenvalue weighted by Gasteiger charge is 2.45. The standard InChI is InChI=1S/C18H22BrNO3/c19-15-7-2-1-6-14(15)18(8-9-18)11-20-16(21)12-4-3-5-13(10-12)17(22)23/h1-2,6-7,12-13H,3-5,8-11H2,(H,20,21)(H,22,23). The fourth-order valence-electron chi connectivity index (χ4n) is 3.64. The Bertz CT molecular complexity index is 612. The summed E-state index contributed by atoms with van der Waals surface area (Å²) in [5.41, 5.74) is 1.31. The third kappa shape index (κ3) is 3.60. The number of carboxylic acid groups (broad SMARTS) is 1. The molecule has 0 heterocycles. The van der Waals surface area contributed by atoms with Crippen molar-refractivity contribution in [2.45, 2.75) is 43.9 Å². The van der Waals surface area contributed by atoms with Gasteiger partial charge in [-0.05, 0) is 43.7 Å². The van der Waals surface area contributed by atoms with Gasteiger partial charge < -0.3 is 10.4 Å². The van der Waals surface area contributed by atoms with Crippen LogP contribution in [-0.2, 0) is 15.0 Å². The zero-order valence-corrected chi connectivity index (χ0v) is 14.6. The molecule has 0 spiro atoms. The van der Waals surface area contributed by atoms with Crippen molar-refractivity contribution in [3.63, 3.8) is 0 Å². The van der Waals surface area contributed by atoms with Crippen LogP contribution in [0.4, 0.5) is 0 Å². The predicted molar refractivity (Wildman–Crippen MR) is 91.1 cm³/mol. The molecule has 1 aromatic carbocycles. The quantitative estimate of drug-likeness (QED) is 0.822. The summed E-state index contributed by atoms with van der Waals surface area (Å²) in [6.45, 7) is 0.642. The van der Waals surface area contributed by atoms with Crippen molar-refractivity contribution >= 4 is 27.8 Å². The minimum atomic E-state index is -0.769. The molecule has 1 aromatic rings. The topological polar surface area (TPSA) is 66.4 Å². The molecule has 4 nitrogen and oxygen atoms in total. The molecule has 0 bridgehead atoms. The van der Waals surface area contributed by atoms with E-state index in [1.807, 2.05) is 18.2 Å². The van der Waals surface area contributed by atoms with Crippen molar-refractivity contribution in [1.82, 2.24) is 5.32 Å². The van der Waals surface area contributed by atoms with Gasteiger partial charge in [0, 0.05) is 22.4 Å². The number of carbonyl (C=O) groups is 2. The van der Waals surface area contributed by atoms with Crippen molar-refractivity contribution in [3.05, 3.63) is 34.3 Å². The van der Waals surface area contributed by atoms with Crippen LogP contribution in [0.1, 0.15) is 44.1 Å². The number of rotatable bonds is 5. The molecule has 0 aromatic heterocycles. The Morgan fingerprint density at radius 1 is 1.22 bits per heavy atom. The van der Waals surface area contributed by atoms with Gasteiger partial charge in [-0.2, -0.15) is 0 Å². The molecule has 5 heteroatoms. The van der Waals surface area contributed by atoms with Crippen LogP contribution in [0.15, 0.2) is 28.7 Å². The molecule has 2 aliphatic rings. The van der Waals surface area contributed by atoms with E-state index in [2.05, 4.69) is 27.3 Å². The molecule has 3 rings (SSSR count). The first-order valence-electron chi connectivity index (χ1n) is 8.27. The Kier molecular flexibility index (Phi) is 4.76. The highest BCUT2D eigenvalue weighted by Crippen LogP contribution is 2.50. The molecule has 23 heavy (non-hydrogen) atoms. The van der Waals surface area contributed by atoms with Gasteiger partial charge in [-0.15, -0.1) is 0 Å². The van der Waals surface area contributed by atoms with Gasteiger partial charge in [0.25, 0.3) is 0 Å². The minimum Gasteiger partial charge on any atom is -0.481 e. The summed E-state index contributed by atoms with van der Waals surface area (Å²) in [5.74, 6) is -1.26. The van der Waals surface area contributed by atoms with Gasteiger partial charge in [-0.25, -0.2) is 0 Å². The second kappa shape index (κ2) is 6.63. The van der Waals surface area contributed by atoms with Gasteiger partial charge in [0.05, 0.1) is 5.92 Å². The number of aliphatic carboxylic acids is 1. The zero-order valence-electron chi connectivity index (χ0n) is 13.1. The highest BCUT2D eigenvalue weighted by atomic mass is 79.9. The van der Waals surface area contributed by atoms with Crippen LogP contribution < -0.4 is 5.32 Å². The molecule has 2 unspecified atom stereocenters. The monoisotopic (exact) mass is 379 g/mol.